The molecule has 3 N–H and O–H groups in total. The van der Waals surface area contributed by atoms with E-state index in [-0.39, 0.29) is 28.2 Å². The van der Waals surface area contributed by atoms with Gasteiger partial charge in [-0.2, -0.15) is 0 Å². The van der Waals surface area contributed by atoms with Crippen LogP contribution in [0.5, 0.6) is 5.75 Å². The number of primary sulfonamides is 1. The van der Waals surface area contributed by atoms with Gasteiger partial charge in [-0.3, -0.25) is 4.79 Å². The van der Waals surface area contributed by atoms with Crippen molar-refractivity contribution in [1.29, 1.82) is 0 Å². The van der Waals surface area contributed by atoms with Crippen LogP contribution in [0.1, 0.15) is 49.9 Å². The second-order valence-corrected chi connectivity index (χ2v) is 8.39. The first-order chi connectivity index (χ1) is 12.6. The fraction of sp³-hybridized carbons (Fsp3) is 0.556. The van der Waals surface area contributed by atoms with E-state index in [0.717, 1.165) is 31.7 Å². The molecule has 1 aliphatic rings. The van der Waals surface area contributed by atoms with Crippen molar-refractivity contribution in [2.75, 3.05) is 7.11 Å². The van der Waals surface area contributed by atoms with E-state index in [0.29, 0.717) is 5.92 Å². The zero-order valence-electron chi connectivity index (χ0n) is 15.7. The van der Waals surface area contributed by atoms with E-state index in [4.69, 9.17) is 14.6 Å². The number of nitrogens with two attached hydrogens (primary N) is 1. The molecule has 0 spiro atoms. The molecule has 1 amide bonds. The predicted molar refractivity (Wildman–Crippen MR) is 98.8 cm³/mol. The number of esters is 1. The zero-order chi connectivity index (χ0) is 20.2. The number of methoxy groups -OCH3 is 1. The van der Waals surface area contributed by atoms with E-state index in [1.165, 1.54) is 26.2 Å². The van der Waals surface area contributed by atoms with E-state index in [1.807, 2.05) is 0 Å². The Morgan fingerprint density at radius 2 is 1.93 bits per heavy atom. The highest BCUT2D eigenvalue weighted by Crippen LogP contribution is 2.25. The van der Waals surface area contributed by atoms with Crippen LogP contribution in [0.3, 0.4) is 0 Å². The topological polar surface area (TPSA) is 125 Å². The first-order valence-corrected chi connectivity index (χ1v) is 10.4. The van der Waals surface area contributed by atoms with Crippen molar-refractivity contribution in [1.82, 2.24) is 5.32 Å². The molecule has 1 aromatic rings. The molecule has 1 saturated carbocycles. The Bertz CT molecular complexity index is 808. The Balaban J connectivity index is 2.10. The van der Waals surface area contributed by atoms with Gasteiger partial charge >= 0.3 is 5.97 Å². The minimum atomic E-state index is -4.00. The molecule has 0 aromatic heterocycles. The molecule has 0 bridgehead atoms. The maximum absolute atomic E-state index is 12.5. The SMILES string of the molecule is COc1ccc(S(N)(=O)=O)cc1C(=O)O[C@H](C)C(=O)N[C@H]1CCCC[C@@H]1C. The van der Waals surface area contributed by atoms with Gasteiger partial charge in [0.15, 0.2) is 6.10 Å². The second kappa shape index (κ2) is 8.71. The maximum atomic E-state index is 12.5. The normalized spacial score (nSPS) is 21.2. The Labute approximate surface area is 159 Å². The van der Waals surface area contributed by atoms with Gasteiger partial charge in [-0.15, -0.1) is 0 Å². The Kier molecular flexibility index (Phi) is 6.83. The zero-order valence-corrected chi connectivity index (χ0v) is 16.5. The molecule has 0 unspecified atom stereocenters. The third-order valence-corrected chi connectivity index (χ3v) is 5.72. The molecule has 3 atom stereocenters. The first-order valence-electron chi connectivity index (χ1n) is 8.85. The number of benzene rings is 1. The lowest BCUT2D eigenvalue weighted by Crippen LogP contribution is -2.46. The number of hydrogen-bond donors (Lipinski definition) is 2. The number of hydrogen-bond acceptors (Lipinski definition) is 6. The molecule has 2 rings (SSSR count). The van der Waals surface area contributed by atoms with Crippen LogP contribution in [0.2, 0.25) is 0 Å². The van der Waals surface area contributed by atoms with E-state index >= 15 is 0 Å². The summed E-state index contributed by atoms with van der Waals surface area (Å²) in [5.74, 6) is -0.751. The molecule has 150 valence electrons. The van der Waals surface area contributed by atoms with Gasteiger partial charge in [0.1, 0.15) is 11.3 Å². The van der Waals surface area contributed by atoms with E-state index in [2.05, 4.69) is 12.2 Å². The summed E-state index contributed by atoms with van der Waals surface area (Å²) in [7, 11) is -2.66. The molecule has 8 nitrogen and oxygen atoms in total. The molecule has 9 heteroatoms. The molecule has 1 fully saturated rings. The Morgan fingerprint density at radius 1 is 1.26 bits per heavy atom. The number of nitrogens with one attached hydrogen (secondary N) is 1. The summed E-state index contributed by atoms with van der Waals surface area (Å²) in [6.07, 6.45) is 3.13. The largest absolute Gasteiger partial charge is 0.496 e. The number of sulfonamides is 1. The maximum Gasteiger partial charge on any atom is 0.342 e. The third-order valence-electron chi connectivity index (χ3n) is 4.81. The van der Waals surface area contributed by atoms with Crippen molar-refractivity contribution in [2.24, 2.45) is 11.1 Å². The number of rotatable bonds is 6. The summed E-state index contributed by atoms with van der Waals surface area (Å²) in [6, 6.07) is 3.67. The van der Waals surface area contributed by atoms with Crippen molar-refractivity contribution in [3.63, 3.8) is 0 Å². The Hall–Kier alpha value is -2.13. The highest BCUT2D eigenvalue weighted by atomic mass is 32.2. The van der Waals surface area contributed by atoms with E-state index in [1.54, 1.807) is 0 Å². The summed E-state index contributed by atoms with van der Waals surface area (Å²) < 4.78 is 33.3. The van der Waals surface area contributed by atoms with Gasteiger partial charge in [0.2, 0.25) is 10.0 Å². The summed E-state index contributed by atoms with van der Waals surface area (Å²) in [5.41, 5.74) is -0.116. The van der Waals surface area contributed by atoms with Gasteiger partial charge in [0.05, 0.1) is 12.0 Å². The average Bonchev–Trinajstić information content (AvgIpc) is 2.62. The fourth-order valence-electron chi connectivity index (χ4n) is 3.13. The van der Waals surface area contributed by atoms with Gasteiger partial charge in [-0.25, -0.2) is 18.4 Å². The first kappa shape index (κ1) is 21.2. The number of carbonyl (C=O) groups is 2. The molecule has 0 radical (unpaired) electrons. The van der Waals surface area contributed by atoms with Gasteiger partial charge in [0.25, 0.3) is 5.91 Å². The summed E-state index contributed by atoms with van der Waals surface area (Å²) in [6.45, 7) is 3.56. The highest BCUT2D eigenvalue weighted by Gasteiger charge is 2.27. The molecule has 1 aliphatic carbocycles. The standard InChI is InChI=1S/C18H26N2O6S/c1-11-6-4-5-7-15(11)20-17(21)12(2)26-18(22)14-10-13(27(19,23)24)8-9-16(14)25-3/h8-12,15H,4-7H2,1-3H3,(H,20,21)(H2,19,23,24)/t11-,12+,15-/m0/s1. The fourth-order valence-corrected chi connectivity index (χ4v) is 3.67. The average molecular weight is 398 g/mol. The summed E-state index contributed by atoms with van der Waals surface area (Å²) in [5, 5.41) is 8.03. The van der Waals surface area contributed by atoms with Crippen molar-refractivity contribution in [2.45, 2.75) is 56.6 Å². The van der Waals surface area contributed by atoms with Gasteiger partial charge in [-0.1, -0.05) is 19.8 Å². The number of amides is 1. The van der Waals surface area contributed by atoms with Crippen LogP contribution in [-0.2, 0) is 19.6 Å². The van der Waals surface area contributed by atoms with Crippen LogP contribution in [0.25, 0.3) is 0 Å². The summed E-state index contributed by atoms with van der Waals surface area (Å²) in [4.78, 5) is 24.6. The molecule has 1 aromatic carbocycles. The van der Waals surface area contributed by atoms with Gasteiger partial charge < -0.3 is 14.8 Å². The van der Waals surface area contributed by atoms with Crippen molar-refractivity contribution < 1.29 is 27.5 Å². The van der Waals surface area contributed by atoms with Crippen LogP contribution in [0, 0.1) is 5.92 Å². The van der Waals surface area contributed by atoms with Crippen molar-refractivity contribution >= 4 is 21.9 Å². The lowest BCUT2D eigenvalue weighted by molar-refractivity contribution is -0.130. The monoisotopic (exact) mass is 398 g/mol. The minimum absolute atomic E-state index is 0.0626. The van der Waals surface area contributed by atoms with Crippen molar-refractivity contribution in [3.8, 4) is 5.75 Å². The smallest absolute Gasteiger partial charge is 0.342 e. The quantitative estimate of drug-likeness (QED) is 0.701. The van der Waals surface area contributed by atoms with Gasteiger partial charge in [0, 0.05) is 6.04 Å². The molecule has 0 heterocycles. The van der Waals surface area contributed by atoms with Crippen LogP contribution >= 0.6 is 0 Å². The number of carbonyl (C=O) groups excluding carboxylic acids is 2. The van der Waals surface area contributed by atoms with Crippen LogP contribution in [-0.4, -0.2) is 39.5 Å². The van der Waals surface area contributed by atoms with E-state index < -0.39 is 22.1 Å². The predicted octanol–water partition coefficient (Wildman–Crippen LogP) is 1.58. The van der Waals surface area contributed by atoms with Gasteiger partial charge in [-0.05, 0) is 43.9 Å². The summed E-state index contributed by atoms with van der Waals surface area (Å²) >= 11 is 0. The minimum Gasteiger partial charge on any atom is -0.496 e. The molecule has 27 heavy (non-hydrogen) atoms. The lowest BCUT2D eigenvalue weighted by Gasteiger charge is -2.30. The molecular formula is C18H26N2O6S. The molecule has 0 saturated heterocycles. The van der Waals surface area contributed by atoms with E-state index in [9.17, 15) is 18.0 Å². The van der Waals surface area contributed by atoms with Crippen LogP contribution in [0.4, 0.5) is 0 Å². The lowest BCUT2D eigenvalue weighted by atomic mass is 9.86. The molecular weight excluding hydrogens is 372 g/mol. The third kappa shape index (κ3) is 5.43. The molecule has 0 aliphatic heterocycles. The van der Waals surface area contributed by atoms with Crippen molar-refractivity contribution in [3.05, 3.63) is 23.8 Å². The second-order valence-electron chi connectivity index (χ2n) is 6.83. The Morgan fingerprint density at radius 3 is 2.52 bits per heavy atom. The van der Waals surface area contributed by atoms with Crippen LogP contribution in [0.15, 0.2) is 23.1 Å². The highest BCUT2D eigenvalue weighted by molar-refractivity contribution is 7.89. The number of ether oxygens (including phenoxy) is 2. The van der Waals surface area contributed by atoms with Crippen LogP contribution < -0.4 is 15.2 Å².